The Morgan fingerprint density at radius 2 is 2.31 bits per heavy atom. The second-order valence-electron chi connectivity index (χ2n) is 2.69. The Kier molecular flexibility index (Phi) is 2.65. The summed E-state index contributed by atoms with van der Waals surface area (Å²) in [6.45, 7) is 0.0693. The van der Waals surface area contributed by atoms with Crippen molar-refractivity contribution in [3.8, 4) is 0 Å². The zero-order valence-corrected chi connectivity index (χ0v) is 9.92. The predicted octanol–water partition coefficient (Wildman–Crippen LogP) is 3.44. The van der Waals surface area contributed by atoms with Gasteiger partial charge in [0.25, 0.3) is 0 Å². The largest absolute Gasteiger partial charge is 0.392 e. The van der Waals surface area contributed by atoms with Crippen LogP contribution in [0.3, 0.4) is 0 Å². The maximum atomic E-state index is 9.13. The van der Waals surface area contributed by atoms with E-state index in [2.05, 4.69) is 28.6 Å². The molecule has 1 aromatic heterocycles. The first-order chi connectivity index (χ1) is 6.24. The lowest BCUT2D eigenvalue weighted by Crippen LogP contribution is -1.84. The highest BCUT2D eigenvalue weighted by Crippen LogP contribution is 2.35. The molecular formula is C9H7BrOS2. The van der Waals surface area contributed by atoms with Crippen LogP contribution >= 0.6 is 39.9 Å². The van der Waals surface area contributed by atoms with E-state index >= 15 is 0 Å². The van der Waals surface area contributed by atoms with Gasteiger partial charge >= 0.3 is 0 Å². The summed E-state index contributed by atoms with van der Waals surface area (Å²) in [5.41, 5.74) is 0.945. The normalized spacial score (nSPS) is 11.0. The quantitative estimate of drug-likeness (QED) is 0.764. The first kappa shape index (κ1) is 9.52. The zero-order chi connectivity index (χ0) is 9.42. The van der Waals surface area contributed by atoms with Crippen LogP contribution in [0.25, 0.3) is 10.1 Å². The van der Waals surface area contributed by atoms with Crippen LogP contribution in [0.1, 0.15) is 5.56 Å². The Hall–Kier alpha value is -0.0300. The topological polar surface area (TPSA) is 20.2 Å². The molecule has 0 atom stereocenters. The molecule has 2 aromatic rings. The van der Waals surface area contributed by atoms with Gasteiger partial charge in [0.2, 0.25) is 0 Å². The third kappa shape index (κ3) is 1.52. The van der Waals surface area contributed by atoms with Crippen LogP contribution in [-0.4, -0.2) is 5.11 Å². The summed E-state index contributed by atoms with van der Waals surface area (Å²) in [4.78, 5) is 0.946. The molecule has 13 heavy (non-hydrogen) atoms. The summed E-state index contributed by atoms with van der Waals surface area (Å²) in [6.07, 6.45) is 0. The van der Waals surface area contributed by atoms with E-state index in [1.165, 1.54) is 0 Å². The van der Waals surface area contributed by atoms with E-state index in [9.17, 15) is 0 Å². The van der Waals surface area contributed by atoms with Crippen LogP contribution in [0, 0.1) is 0 Å². The zero-order valence-electron chi connectivity index (χ0n) is 6.62. The van der Waals surface area contributed by atoms with Gasteiger partial charge in [0, 0.05) is 14.1 Å². The maximum absolute atomic E-state index is 9.13. The molecule has 1 nitrogen and oxygen atoms in total. The van der Waals surface area contributed by atoms with Gasteiger partial charge in [-0.2, -0.15) is 0 Å². The van der Waals surface area contributed by atoms with Crippen molar-refractivity contribution in [2.24, 2.45) is 0 Å². The molecule has 1 heterocycles. The second kappa shape index (κ2) is 3.61. The number of fused-ring (bicyclic) bond motifs is 1. The summed E-state index contributed by atoms with van der Waals surface area (Å²) in [5, 5.41) is 12.2. The molecule has 4 heteroatoms. The number of benzene rings is 1. The standard InChI is InChI=1S/C9H7BrOS2/c10-7-3-5(4-11)6-1-2-13-9(6)8(7)12/h1-3,11-12H,4H2. The number of rotatable bonds is 1. The van der Waals surface area contributed by atoms with Gasteiger partial charge in [0.1, 0.15) is 0 Å². The molecule has 0 unspecified atom stereocenters. The van der Waals surface area contributed by atoms with Crippen LogP contribution in [0.5, 0.6) is 0 Å². The van der Waals surface area contributed by atoms with Gasteiger partial charge in [-0.25, -0.2) is 0 Å². The van der Waals surface area contributed by atoms with E-state index in [0.717, 1.165) is 25.0 Å². The third-order valence-corrected chi connectivity index (χ3v) is 4.40. The van der Waals surface area contributed by atoms with Crippen LogP contribution in [0.4, 0.5) is 0 Å². The average Bonchev–Trinajstić information content (AvgIpc) is 2.60. The number of aliphatic hydroxyl groups excluding tert-OH is 1. The molecule has 0 amide bonds. The van der Waals surface area contributed by atoms with Gasteiger partial charge in [-0.15, -0.1) is 24.0 Å². The van der Waals surface area contributed by atoms with E-state index in [1.807, 2.05) is 17.5 Å². The molecule has 0 aliphatic carbocycles. The van der Waals surface area contributed by atoms with Crippen molar-refractivity contribution >= 4 is 50.0 Å². The molecule has 0 fully saturated rings. The summed E-state index contributed by atoms with van der Waals surface area (Å²) in [7, 11) is 0. The molecule has 1 N–H and O–H groups in total. The first-order valence-electron chi connectivity index (χ1n) is 3.72. The number of hydrogen-bond acceptors (Lipinski definition) is 3. The van der Waals surface area contributed by atoms with Crippen molar-refractivity contribution < 1.29 is 5.11 Å². The average molecular weight is 275 g/mol. The molecular weight excluding hydrogens is 268 g/mol. The molecule has 0 aliphatic rings. The smallest absolute Gasteiger partial charge is 0.0688 e. The van der Waals surface area contributed by atoms with Gasteiger partial charge in [0.15, 0.2) is 0 Å². The van der Waals surface area contributed by atoms with E-state index in [1.54, 1.807) is 11.3 Å². The molecule has 0 aliphatic heterocycles. The fraction of sp³-hybridized carbons (Fsp3) is 0.111. The van der Waals surface area contributed by atoms with Gasteiger partial charge in [-0.1, -0.05) is 0 Å². The highest BCUT2D eigenvalue weighted by atomic mass is 79.9. The van der Waals surface area contributed by atoms with Crippen molar-refractivity contribution in [3.05, 3.63) is 27.5 Å². The lowest BCUT2D eigenvalue weighted by atomic mass is 10.1. The van der Waals surface area contributed by atoms with Crippen molar-refractivity contribution in [1.29, 1.82) is 0 Å². The molecule has 0 spiro atoms. The summed E-state index contributed by atoms with van der Waals surface area (Å²) < 4.78 is 2.07. The highest BCUT2D eigenvalue weighted by molar-refractivity contribution is 9.10. The lowest BCUT2D eigenvalue weighted by molar-refractivity contribution is 0.283. The minimum atomic E-state index is 0.0693. The summed E-state index contributed by atoms with van der Waals surface area (Å²) >= 11 is 9.45. The number of aliphatic hydroxyl groups is 1. The lowest BCUT2D eigenvalue weighted by Gasteiger charge is -2.03. The Balaban J connectivity index is 2.87. The minimum Gasteiger partial charge on any atom is -0.392 e. The van der Waals surface area contributed by atoms with E-state index in [0.29, 0.717) is 0 Å². The number of hydrogen-bond donors (Lipinski definition) is 2. The van der Waals surface area contributed by atoms with Crippen LogP contribution in [0.2, 0.25) is 0 Å². The maximum Gasteiger partial charge on any atom is 0.0688 e. The SMILES string of the molecule is OCc1cc(Br)c(S)c2sccc12. The Morgan fingerprint density at radius 1 is 1.54 bits per heavy atom. The summed E-state index contributed by atoms with van der Waals surface area (Å²) in [5.74, 6) is 0. The van der Waals surface area contributed by atoms with E-state index < -0.39 is 0 Å². The highest BCUT2D eigenvalue weighted by Gasteiger charge is 2.08. The van der Waals surface area contributed by atoms with Gasteiger partial charge < -0.3 is 5.11 Å². The molecule has 68 valence electrons. The van der Waals surface area contributed by atoms with E-state index in [-0.39, 0.29) is 6.61 Å². The van der Waals surface area contributed by atoms with Crippen molar-refractivity contribution in [1.82, 2.24) is 0 Å². The molecule has 0 bridgehead atoms. The number of thiophene rings is 1. The molecule has 0 saturated heterocycles. The second-order valence-corrected chi connectivity index (χ2v) is 4.91. The van der Waals surface area contributed by atoms with Gasteiger partial charge in [-0.3, -0.25) is 0 Å². The fourth-order valence-corrected chi connectivity index (χ4v) is 3.12. The van der Waals surface area contributed by atoms with Crippen molar-refractivity contribution in [2.75, 3.05) is 0 Å². The Bertz CT molecular complexity index is 450. The predicted molar refractivity (Wildman–Crippen MR) is 62.7 cm³/mol. The summed E-state index contributed by atoms with van der Waals surface area (Å²) in [6, 6.07) is 3.93. The first-order valence-corrected chi connectivity index (χ1v) is 5.84. The fourth-order valence-electron chi connectivity index (χ4n) is 1.28. The van der Waals surface area contributed by atoms with Crippen molar-refractivity contribution in [2.45, 2.75) is 11.5 Å². The monoisotopic (exact) mass is 274 g/mol. The minimum absolute atomic E-state index is 0.0693. The Labute approximate surface area is 93.9 Å². The van der Waals surface area contributed by atoms with Crippen LogP contribution in [-0.2, 0) is 6.61 Å². The van der Waals surface area contributed by atoms with Gasteiger partial charge in [-0.05, 0) is 44.4 Å². The number of thiol groups is 1. The van der Waals surface area contributed by atoms with E-state index in [4.69, 9.17) is 5.11 Å². The van der Waals surface area contributed by atoms with Gasteiger partial charge in [0.05, 0.1) is 6.61 Å². The van der Waals surface area contributed by atoms with Crippen LogP contribution < -0.4 is 0 Å². The number of halogens is 1. The van der Waals surface area contributed by atoms with Crippen LogP contribution in [0.15, 0.2) is 26.9 Å². The Morgan fingerprint density at radius 3 is 3.00 bits per heavy atom. The molecule has 2 rings (SSSR count). The molecule has 1 aromatic carbocycles. The third-order valence-electron chi connectivity index (χ3n) is 1.92. The van der Waals surface area contributed by atoms with Crippen molar-refractivity contribution in [3.63, 3.8) is 0 Å². The molecule has 0 saturated carbocycles. The molecule has 0 radical (unpaired) electrons.